The second kappa shape index (κ2) is 6.37. The monoisotopic (exact) mass is 349 g/mol. The van der Waals surface area contributed by atoms with Crippen LogP contribution in [0.5, 0.6) is 5.75 Å². The molecule has 0 saturated carbocycles. The Hall–Kier alpha value is -2.39. The van der Waals surface area contributed by atoms with Crippen LogP contribution in [0.1, 0.15) is 21.5 Å². The van der Waals surface area contributed by atoms with E-state index in [9.17, 15) is 9.18 Å². The molecule has 106 valence electrons. The number of halogens is 2. The Morgan fingerprint density at radius 3 is 2.76 bits per heavy atom. The lowest BCUT2D eigenvalue weighted by atomic mass is 10.1. The highest BCUT2D eigenvalue weighted by Crippen LogP contribution is 2.27. The van der Waals surface area contributed by atoms with Gasteiger partial charge in [-0.1, -0.05) is 6.07 Å². The lowest BCUT2D eigenvalue weighted by molar-refractivity contribution is 0.0696. The Balaban J connectivity index is 2.18. The van der Waals surface area contributed by atoms with Gasteiger partial charge in [0.2, 0.25) is 0 Å². The average Bonchev–Trinajstić information content (AvgIpc) is 2.47. The number of carbonyl (C=O) groups is 1. The van der Waals surface area contributed by atoms with Crippen molar-refractivity contribution < 1.29 is 19.0 Å². The van der Waals surface area contributed by atoms with Crippen LogP contribution < -0.4 is 4.74 Å². The van der Waals surface area contributed by atoms with Crippen molar-refractivity contribution in [1.29, 1.82) is 5.26 Å². The summed E-state index contributed by atoms with van der Waals surface area (Å²) >= 11 is 3.26. The van der Waals surface area contributed by atoms with Crippen molar-refractivity contribution in [3.63, 3.8) is 0 Å². The summed E-state index contributed by atoms with van der Waals surface area (Å²) in [6.07, 6.45) is 0. The van der Waals surface area contributed by atoms with Gasteiger partial charge >= 0.3 is 5.97 Å². The summed E-state index contributed by atoms with van der Waals surface area (Å²) in [4.78, 5) is 10.9. The molecule has 0 aromatic heterocycles. The maximum atomic E-state index is 13.2. The Kier molecular flexibility index (Phi) is 4.55. The van der Waals surface area contributed by atoms with Gasteiger partial charge in [-0.05, 0) is 51.8 Å². The molecule has 2 aromatic rings. The van der Waals surface area contributed by atoms with E-state index < -0.39 is 11.8 Å². The van der Waals surface area contributed by atoms with Crippen LogP contribution >= 0.6 is 15.9 Å². The molecular weight excluding hydrogens is 341 g/mol. The summed E-state index contributed by atoms with van der Waals surface area (Å²) in [5.74, 6) is -1.28. The molecule has 21 heavy (non-hydrogen) atoms. The molecule has 0 saturated heterocycles. The van der Waals surface area contributed by atoms with Crippen LogP contribution in [-0.2, 0) is 6.61 Å². The number of carboxylic acid groups (broad SMARTS) is 1. The van der Waals surface area contributed by atoms with Crippen molar-refractivity contribution in [2.75, 3.05) is 0 Å². The maximum absolute atomic E-state index is 13.2. The third kappa shape index (κ3) is 3.58. The summed E-state index contributed by atoms with van der Waals surface area (Å²) in [6, 6.07) is 10.3. The van der Waals surface area contributed by atoms with Crippen LogP contribution in [0, 0.1) is 17.1 Å². The average molecular weight is 350 g/mol. The molecule has 1 N–H and O–H groups in total. The van der Waals surface area contributed by atoms with Gasteiger partial charge in [-0.15, -0.1) is 0 Å². The lowest BCUT2D eigenvalue weighted by Gasteiger charge is -2.09. The number of rotatable bonds is 4. The van der Waals surface area contributed by atoms with Gasteiger partial charge in [0.15, 0.2) is 0 Å². The summed E-state index contributed by atoms with van der Waals surface area (Å²) in [6.45, 7) is 0.0939. The van der Waals surface area contributed by atoms with Gasteiger partial charge in [-0.2, -0.15) is 5.26 Å². The molecular formula is C15H9BrFNO3. The van der Waals surface area contributed by atoms with Gasteiger partial charge in [0.1, 0.15) is 24.2 Å². The SMILES string of the molecule is N#Cc1cc(COc2cc(C(=O)O)ccc2Br)ccc1F. The first kappa shape index (κ1) is 15.0. The molecule has 0 radical (unpaired) electrons. The van der Waals surface area contributed by atoms with Crippen LogP contribution in [0.15, 0.2) is 40.9 Å². The number of aromatic carboxylic acids is 1. The molecule has 0 atom stereocenters. The summed E-state index contributed by atoms with van der Waals surface area (Å²) in [7, 11) is 0. The molecule has 6 heteroatoms. The molecule has 2 rings (SSSR count). The first-order chi connectivity index (χ1) is 10.0. The molecule has 0 aliphatic rings. The van der Waals surface area contributed by atoms with E-state index in [2.05, 4.69) is 15.9 Å². The Morgan fingerprint density at radius 1 is 1.33 bits per heavy atom. The molecule has 0 aliphatic heterocycles. The van der Waals surface area contributed by atoms with E-state index in [1.165, 1.54) is 30.3 Å². The van der Waals surface area contributed by atoms with E-state index in [0.717, 1.165) is 0 Å². The van der Waals surface area contributed by atoms with Gasteiger partial charge in [0.05, 0.1) is 15.6 Å². The van der Waals surface area contributed by atoms with Crippen LogP contribution in [0.2, 0.25) is 0 Å². The molecule has 0 unspecified atom stereocenters. The number of nitriles is 1. The van der Waals surface area contributed by atoms with Crippen molar-refractivity contribution in [3.05, 3.63) is 63.4 Å². The van der Waals surface area contributed by atoms with Crippen molar-refractivity contribution >= 4 is 21.9 Å². The Bertz CT molecular complexity index is 740. The molecule has 0 spiro atoms. The topological polar surface area (TPSA) is 70.3 Å². The normalized spacial score (nSPS) is 9.95. The third-order valence-electron chi connectivity index (χ3n) is 2.72. The molecule has 0 aliphatic carbocycles. The summed E-state index contributed by atoms with van der Waals surface area (Å²) < 4.78 is 19.3. The molecule has 0 bridgehead atoms. The maximum Gasteiger partial charge on any atom is 0.335 e. The van der Waals surface area contributed by atoms with E-state index >= 15 is 0 Å². The molecule has 0 amide bonds. The zero-order chi connectivity index (χ0) is 15.4. The fraction of sp³-hybridized carbons (Fsp3) is 0.0667. The minimum absolute atomic E-state index is 0.0607. The quantitative estimate of drug-likeness (QED) is 0.912. The summed E-state index contributed by atoms with van der Waals surface area (Å²) in [5.41, 5.74) is 0.653. The predicted octanol–water partition coefficient (Wildman–Crippen LogP) is 3.74. The van der Waals surface area contributed by atoms with Gasteiger partial charge in [0.25, 0.3) is 0 Å². The lowest BCUT2D eigenvalue weighted by Crippen LogP contribution is -2.00. The van der Waals surface area contributed by atoms with E-state index in [-0.39, 0.29) is 17.7 Å². The van der Waals surface area contributed by atoms with Crippen molar-refractivity contribution in [2.24, 2.45) is 0 Å². The second-order valence-electron chi connectivity index (χ2n) is 4.17. The van der Waals surface area contributed by atoms with Crippen molar-refractivity contribution in [2.45, 2.75) is 6.61 Å². The van der Waals surface area contributed by atoms with Gasteiger partial charge in [0, 0.05) is 0 Å². The minimum Gasteiger partial charge on any atom is -0.488 e. The smallest absolute Gasteiger partial charge is 0.335 e. The zero-order valence-corrected chi connectivity index (χ0v) is 12.2. The Labute approximate surface area is 128 Å². The minimum atomic E-state index is -1.05. The van der Waals surface area contributed by atoms with E-state index in [1.807, 2.05) is 0 Å². The van der Waals surface area contributed by atoms with E-state index in [4.69, 9.17) is 15.1 Å². The molecule has 0 heterocycles. The number of hydrogen-bond acceptors (Lipinski definition) is 3. The standard InChI is InChI=1S/C15H9BrFNO3/c16-12-3-2-10(15(19)20)6-14(12)21-8-9-1-4-13(17)11(5-9)7-18/h1-6H,8H2,(H,19,20). The highest BCUT2D eigenvalue weighted by atomic mass is 79.9. The molecule has 0 fully saturated rings. The van der Waals surface area contributed by atoms with E-state index in [1.54, 1.807) is 12.1 Å². The van der Waals surface area contributed by atoms with Crippen LogP contribution in [0.25, 0.3) is 0 Å². The predicted molar refractivity (Wildman–Crippen MR) is 76.5 cm³/mol. The number of hydrogen-bond donors (Lipinski definition) is 1. The zero-order valence-electron chi connectivity index (χ0n) is 10.6. The van der Waals surface area contributed by atoms with Gasteiger partial charge in [-0.3, -0.25) is 0 Å². The van der Waals surface area contributed by atoms with E-state index in [0.29, 0.717) is 15.8 Å². The van der Waals surface area contributed by atoms with Crippen LogP contribution in [0.4, 0.5) is 4.39 Å². The third-order valence-corrected chi connectivity index (χ3v) is 3.38. The first-order valence-corrected chi connectivity index (χ1v) is 6.64. The van der Waals surface area contributed by atoms with Gasteiger partial charge in [-0.25, -0.2) is 9.18 Å². The fourth-order valence-electron chi connectivity index (χ4n) is 1.66. The van der Waals surface area contributed by atoms with Crippen molar-refractivity contribution in [1.82, 2.24) is 0 Å². The van der Waals surface area contributed by atoms with Crippen molar-refractivity contribution in [3.8, 4) is 11.8 Å². The highest BCUT2D eigenvalue weighted by Gasteiger charge is 2.09. The van der Waals surface area contributed by atoms with Crippen LogP contribution in [0.3, 0.4) is 0 Å². The largest absolute Gasteiger partial charge is 0.488 e. The number of carboxylic acids is 1. The van der Waals surface area contributed by atoms with Gasteiger partial charge < -0.3 is 9.84 Å². The number of benzene rings is 2. The number of nitrogens with zero attached hydrogens (tertiary/aromatic N) is 1. The Morgan fingerprint density at radius 2 is 2.10 bits per heavy atom. The highest BCUT2D eigenvalue weighted by molar-refractivity contribution is 9.10. The second-order valence-corrected chi connectivity index (χ2v) is 5.02. The fourth-order valence-corrected chi connectivity index (χ4v) is 2.02. The summed E-state index contributed by atoms with van der Waals surface area (Å²) in [5, 5.41) is 17.7. The van der Waals surface area contributed by atoms with Crippen LogP contribution in [-0.4, -0.2) is 11.1 Å². The number of ether oxygens (including phenoxy) is 1. The molecule has 4 nitrogen and oxygen atoms in total. The molecule has 2 aromatic carbocycles. The first-order valence-electron chi connectivity index (χ1n) is 5.85.